The number of nitrogens with two attached hydrogens (primary N) is 1. The number of rotatable bonds is 4. The Kier molecular flexibility index (Phi) is 5.80. The molecule has 5 rings (SSSR count). The Morgan fingerprint density at radius 1 is 1.16 bits per heavy atom. The fourth-order valence-corrected chi connectivity index (χ4v) is 6.26. The van der Waals surface area contributed by atoms with Gasteiger partial charge in [0.05, 0.1) is 18.7 Å². The third-order valence-corrected chi connectivity index (χ3v) is 7.90. The van der Waals surface area contributed by atoms with Crippen LogP contribution in [0, 0.1) is 11.8 Å². The quantitative estimate of drug-likeness (QED) is 0.364. The maximum absolute atomic E-state index is 13.9. The molecule has 3 aliphatic rings. The summed E-state index contributed by atoms with van der Waals surface area (Å²) < 4.78 is 5.47. The highest BCUT2D eigenvalue weighted by Crippen LogP contribution is 2.53. The van der Waals surface area contributed by atoms with Gasteiger partial charge in [-0.05, 0) is 56.1 Å². The number of hydrogen-bond donors (Lipinski definition) is 5. The standard InChI is InChI=1S/C27H27N3O8/c1-30(2)21-15-9-11-8-13-12(14-10-29-7-6-17(14)38-3)4-5-16(31)19(13)22(32)18(11)24(34)27(15,37)25(35)20(23(21)33)26(28)36/h4-7,10-11,15,21,31-32,35,37H,8-9H2,1-3H3,(H2,28,36)/t11-,15-,21-,27+/m1/s1. The van der Waals surface area contributed by atoms with E-state index in [0.717, 1.165) is 0 Å². The van der Waals surface area contributed by atoms with E-state index in [2.05, 4.69) is 4.98 Å². The largest absolute Gasteiger partial charge is 0.508 e. The third kappa shape index (κ3) is 3.28. The number of hydrogen-bond acceptors (Lipinski definition) is 10. The van der Waals surface area contributed by atoms with E-state index in [-0.39, 0.29) is 29.7 Å². The molecule has 4 atom stereocenters. The lowest BCUT2D eigenvalue weighted by Gasteiger charge is -2.50. The van der Waals surface area contributed by atoms with E-state index < -0.39 is 58.0 Å². The van der Waals surface area contributed by atoms with Crippen molar-refractivity contribution in [2.75, 3.05) is 21.2 Å². The summed E-state index contributed by atoms with van der Waals surface area (Å²) in [5.41, 5.74) is 3.37. The number of carbonyl (C=O) groups is 3. The van der Waals surface area contributed by atoms with Gasteiger partial charge in [-0.3, -0.25) is 24.3 Å². The predicted octanol–water partition coefficient (Wildman–Crippen LogP) is 1.03. The van der Waals surface area contributed by atoms with Gasteiger partial charge < -0.3 is 30.9 Å². The van der Waals surface area contributed by atoms with Gasteiger partial charge in [-0.15, -0.1) is 0 Å². The summed E-state index contributed by atoms with van der Waals surface area (Å²) in [5.74, 6) is -6.40. The molecular formula is C27H27N3O8. The molecule has 0 spiro atoms. The average Bonchev–Trinajstić information content (AvgIpc) is 2.86. The van der Waals surface area contributed by atoms with Gasteiger partial charge in [0.15, 0.2) is 11.4 Å². The molecule has 38 heavy (non-hydrogen) atoms. The van der Waals surface area contributed by atoms with Gasteiger partial charge in [-0.2, -0.15) is 0 Å². The number of aliphatic hydroxyl groups excluding tert-OH is 2. The molecule has 1 aromatic heterocycles. The normalized spacial score (nSPS) is 26.7. The van der Waals surface area contributed by atoms with Crippen LogP contribution < -0.4 is 10.5 Å². The first-order chi connectivity index (χ1) is 17.9. The number of methoxy groups -OCH3 is 1. The zero-order chi connectivity index (χ0) is 27.7. The number of benzene rings is 1. The molecule has 1 amide bonds. The average molecular weight is 522 g/mol. The number of aromatic nitrogens is 1. The number of primary amides is 1. The lowest BCUT2D eigenvalue weighted by Crippen LogP contribution is -2.65. The van der Waals surface area contributed by atoms with E-state index in [9.17, 15) is 34.8 Å². The van der Waals surface area contributed by atoms with Crippen LogP contribution >= 0.6 is 0 Å². The molecular weight excluding hydrogens is 494 g/mol. The number of ketones is 2. The summed E-state index contributed by atoms with van der Waals surface area (Å²) in [6.07, 6.45) is 3.32. The highest BCUT2D eigenvalue weighted by molar-refractivity contribution is 6.24. The van der Waals surface area contributed by atoms with Crippen molar-refractivity contribution in [3.8, 4) is 22.6 Å². The monoisotopic (exact) mass is 521 g/mol. The number of aliphatic hydroxyl groups is 3. The highest BCUT2D eigenvalue weighted by atomic mass is 16.5. The molecule has 11 heteroatoms. The summed E-state index contributed by atoms with van der Waals surface area (Å²) >= 11 is 0. The number of phenols is 1. The Morgan fingerprint density at radius 3 is 2.50 bits per heavy atom. The number of nitrogens with zero attached hydrogens (tertiary/aromatic N) is 2. The maximum atomic E-state index is 13.9. The molecule has 0 aliphatic heterocycles. The van der Waals surface area contributed by atoms with Gasteiger partial charge in [0, 0.05) is 29.4 Å². The van der Waals surface area contributed by atoms with Crippen molar-refractivity contribution in [1.82, 2.24) is 9.88 Å². The van der Waals surface area contributed by atoms with Crippen LogP contribution in [0.2, 0.25) is 0 Å². The smallest absolute Gasteiger partial charge is 0.255 e. The summed E-state index contributed by atoms with van der Waals surface area (Å²) in [6.45, 7) is 0. The van der Waals surface area contributed by atoms with Crippen LogP contribution in [0.3, 0.4) is 0 Å². The lowest BCUT2D eigenvalue weighted by atomic mass is 9.57. The second-order valence-electron chi connectivity index (χ2n) is 10.0. The van der Waals surface area contributed by atoms with E-state index in [0.29, 0.717) is 22.4 Å². The Morgan fingerprint density at radius 2 is 1.87 bits per heavy atom. The van der Waals surface area contributed by atoms with Crippen LogP contribution in [-0.4, -0.2) is 80.6 Å². The van der Waals surface area contributed by atoms with Crippen molar-refractivity contribution < 1.29 is 39.5 Å². The first kappa shape index (κ1) is 25.4. The SMILES string of the molecule is COc1ccncc1-c1ccc(O)c2c1C[C@@H]1C[C@@H]3[C@@H](N(C)C)C(=O)C(C(N)=O)=C(O)[C@@]3(O)C(=O)C1=C2O. The number of pyridine rings is 1. The van der Waals surface area contributed by atoms with Crippen LogP contribution in [0.25, 0.3) is 16.9 Å². The van der Waals surface area contributed by atoms with E-state index in [4.69, 9.17) is 10.5 Å². The zero-order valence-corrected chi connectivity index (χ0v) is 20.9. The van der Waals surface area contributed by atoms with Crippen LogP contribution in [0.4, 0.5) is 0 Å². The van der Waals surface area contributed by atoms with E-state index >= 15 is 0 Å². The minimum absolute atomic E-state index is 0.00435. The third-order valence-electron chi connectivity index (χ3n) is 7.90. The summed E-state index contributed by atoms with van der Waals surface area (Å²) in [7, 11) is 4.61. The topological polar surface area (TPSA) is 184 Å². The molecule has 11 nitrogen and oxygen atoms in total. The van der Waals surface area contributed by atoms with E-state index in [1.165, 1.54) is 18.1 Å². The van der Waals surface area contributed by atoms with Gasteiger partial charge in [-0.1, -0.05) is 6.07 Å². The van der Waals surface area contributed by atoms with Crippen LogP contribution in [0.1, 0.15) is 17.5 Å². The van der Waals surface area contributed by atoms with Gasteiger partial charge in [0.1, 0.15) is 28.6 Å². The van der Waals surface area contributed by atoms with Gasteiger partial charge in [0.25, 0.3) is 5.91 Å². The molecule has 0 unspecified atom stereocenters. The zero-order valence-electron chi connectivity index (χ0n) is 20.9. The van der Waals surface area contributed by atoms with Gasteiger partial charge in [-0.25, -0.2) is 0 Å². The number of Topliss-reactive ketones (excluding diaryl/α,β-unsaturated/α-hetero) is 2. The Labute approximate surface area is 217 Å². The van der Waals surface area contributed by atoms with Gasteiger partial charge >= 0.3 is 0 Å². The molecule has 6 N–H and O–H groups in total. The number of aromatic hydroxyl groups is 1. The second-order valence-corrected chi connectivity index (χ2v) is 10.0. The van der Waals surface area contributed by atoms with E-state index in [1.807, 2.05) is 0 Å². The first-order valence-corrected chi connectivity index (χ1v) is 11.9. The second kappa shape index (κ2) is 8.67. The molecule has 2 aromatic rings. The highest BCUT2D eigenvalue weighted by Gasteiger charge is 2.64. The predicted molar refractivity (Wildman–Crippen MR) is 134 cm³/mol. The van der Waals surface area contributed by atoms with Crippen molar-refractivity contribution in [2.45, 2.75) is 24.5 Å². The number of ether oxygens (including phenoxy) is 1. The van der Waals surface area contributed by atoms with Crippen molar-refractivity contribution in [2.24, 2.45) is 17.6 Å². The number of phenolic OH excluding ortho intramolecular Hbond substituents is 1. The van der Waals surface area contributed by atoms with Crippen molar-refractivity contribution in [3.63, 3.8) is 0 Å². The Bertz CT molecular complexity index is 1480. The summed E-state index contributed by atoms with van der Waals surface area (Å²) in [4.78, 5) is 44.8. The van der Waals surface area contributed by atoms with Gasteiger partial charge in [0.2, 0.25) is 5.78 Å². The minimum Gasteiger partial charge on any atom is -0.508 e. The lowest BCUT2D eigenvalue weighted by molar-refractivity contribution is -0.153. The molecule has 1 fully saturated rings. The molecule has 0 radical (unpaired) electrons. The molecule has 0 bridgehead atoms. The maximum Gasteiger partial charge on any atom is 0.255 e. The summed E-state index contributed by atoms with van der Waals surface area (Å²) in [5, 5.41) is 44.7. The fourth-order valence-electron chi connectivity index (χ4n) is 6.26. The number of amides is 1. The fraction of sp³-hybridized carbons (Fsp3) is 0.333. The number of likely N-dealkylation sites (N-methyl/N-ethyl adjacent to an activating group) is 1. The molecule has 1 aromatic carbocycles. The van der Waals surface area contributed by atoms with Crippen molar-refractivity contribution >= 4 is 23.2 Å². The van der Waals surface area contributed by atoms with Crippen molar-refractivity contribution in [3.05, 3.63) is 58.6 Å². The molecule has 0 saturated heterocycles. The summed E-state index contributed by atoms with van der Waals surface area (Å²) in [6, 6.07) is 3.55. The molecule has 3 aliphatic carbocycles. The first-order valence-electron chi connectivity index (χ1n) is 11.9. The molecule has 1 saturated carbocycles. The number of carbonyl (C=O) groups excluding carboxylic acids is 3. The minimum atomic E-state index is -2.68. The number of fused-ring (bicyclic) bond motifs is 3. The van der Waals surface area contributed by atoms with Crippen molar-refractivity contribution in [1.29, 1.82) is 0 Å². The molecule has 198 valence electrons. The van der Waals surface area contributed by atoms with Crippen LogP contribution in [0.5, 0.6) is 11.5 Å². The van der Waals surface area contributed by atoms with Crippen LogP contribution in [0.15, 0.2) is 47.5 Å². The Hall–Kier alpha value is -4.22. The van der Waals surface area contributed by atoms with E-state index in [1.54, 1.807) is 38.6 Å². The molecule has 1 heterocycles. The van der Waals surface area contributed by atoms with Crippen LogP contribution in [-0.2, 0) is 20.8 Å². The Balaban J connectivity index is 1.75.